The molecule has 1 aromatic heterocycles. The zero-order valence-electron chi connectivity index (χ0n) is 11.7. The van der Waals surface area contributed by atoms with Crippen LogP contribution in [0.25, 0.3) is 0 Å². The second kappa shape index (κ2) is 4.48. The third kappa shape index (κ3) is 1.81. The van der Waals surface area contributed by atoms with E-state index < -0.39 is 0 Å². The predicted molar refractivity (Wildman–Crippen MR) is 83.2 cm³/mol. The van der Waals surface area contributed by atoms with Crippen LogP contribution in [-0.4, -0.2) is 18.2 Å². The number of aryl methyl sites for hydroxylation is 1. The molecule has 0 spiro atoms. The topological polar surface area (TPSA) is 38.1 Å². The van der Waals surface area contributed by atoms with Crippen molar-refractivity contribution in [2.45, 2.75) is 30.6 Å². The summed E-state index contributed by atoms with van der Waals surface area (Å²) < 4.78 is 5.31. The van der Waals surface area contributed by atoms with Crippen LogP contribution in [0.15, 0.2) is 28.8 Å². The van der Waals surface area contributed by atoms with Gasteiger partial charge in [-0.3, -0.25) is 0 Å². The Morgan fingerprint density at radius 2 is 2.05 bits per heavy atom. The Bertz CT molecular complexity index is 714. The van der Waals surface area contributed by atoms with Crippen LogP contribution in [-0.2, 0) is 10.8 Å². The maximum Gasteiger partial charge on any atom is 0.133 e. The smallest absolute Gasteiger partial charge is 0.133 e. The van der Waals surface area contributed by atoms with Gasteiger partial charge in [0.1, 0.15) is 5.76 Å². The maximum absolute atomic E-state index is 6.23. The van der Waals surface area contributed by atoms with E-state index in [1.807, 2.05) is 19.1 Å². The SMILES string of the molecule is Cc1cc(C23CNCCC2(c2ccc(Cl)c(Cl)c2)C3)no1. The first kappa shape index (κ1) is 13.6. The second-order valence-electron chi connectivity index (χ2n) is 6.22. The van der Waals surface area contributed by atoms with Gasteiger partial charge < -0.3 is 9.84 Å². The van der Waals surface area contributed by atoms with Gasteiger partial charge in [0.25, 0.3) is 0 Å². The molecule has 2 aromatic rings. The van der Waals surface area contributed by atoms with E-state index in [1.54, 1.807) is 0 Å². The summed E-state index contributed by atoms with van der Waals surface area (Å²) in [5, 5.41) is 9.02. The largest absolute Gasteiger partial charge is 0.361 e. The molecule has 0 radical (unpaired) electrons. The van der Waals surface area contributed by atoms with Crippen molar-refractivity contribution in [3.05, 3.63) is 51.3 Å². The summed E-state index contributed by atoms with van der Waals surface area (Å²) in [7, 11) is 0. The Hall–Kier alpha value is -1.03. The van der Waals surface area contributed by atoms with Crippen LogP contribution in [0, 0.1) is 6.92 Å². The Morgan fingerprint density at radius 3 is 2.76 bits per heavy atom. The summed E-state index contributed by atoms with van der Waals surface area (Å²) in [6, 6.07) is 8.08. The molecule has 1 saturated heterocycles. The van der Waals surface area contributed by atoms with Crippen LogP contribution < -0.4 is 5.32 Å². The zero-order chi connectivity index (χ0) is 14.7. The van der Waals surface area contributed by atoms with Crippen molar-refractivity contribution >= 4 is 23.2 Å². The van der Waals surface area contributed by atoms with Crippen molar-refractivity contribution in [1.29, 1.82) is 0 Å². The number of rotatable bonds is 2. The number of halogens is 2. The van der Waals surface area contributed by atoms with Gasteiger partial charge in [-0.05, 0) is 44.0 Å². The minimum absolute atomic E-state index is 0.0279. The lowest BCUT2D eigenvalue weighted by Gasteiger charge is -2.30. The van der Waals surface area contributed by atoms with Crippen molar-refractivity contribution in [3.8, 4) is 0 Å². The minimum atomic E-state index is 0.0279. The Morgan fingerprint density at radius 1 is 1.19 bits per heavy atom. The number of nitrogens with one attached hydrogen (secondary N) is 1. The van der Waals surface area contributed by atoms with Gasteiger partial charge in [-0.1, -0.05) is 34.4 Å². The highest BCUT2D eigenvalue weighted by Gasteiger charge is 2.70. The average molecular weight is 323 g/mol. The summed E-state index contributed by atoms with van der Waals surface area (Å²) in [5.74, 6) is 0.861. The van der Waals surface area contributed by atoms with Gasteiger partial charge in [0.15, 0.2) is 0 Å². The molecule has 110 valence electrons. The highest BCUT2D eigenvalue weighted by atomic mass is 35.5. The van der Waals surface area contributed by atoms with Gasteiger partial charge >= 0.3 is 0 Å². The number of aromatic nitrogens is 1. The van der Waals surface area contributed by atoms with E-state index in [2.05, 4.69) is 22.6 Å². The third-order valence-corrected chi connectivity index (χ3v) is 5.88. The molecule has 1 N–H and O–H groups in total. The third-order valence-electron chi connectivity index (χ3n) is 5.14. The van der Waals surface area contributed by atoms with Gasteiger partial charge in [0.2, 0.25) is 0 Å². The zero-order valence-corrected chi connectivity index (χ0v) is 13.3. The molecule has 2 fully saturated rings. The van der Waals surface area contributed by atoms with Crippen LogP contribution >= 0.6 is 23.2 Å². The van der Waals surface area contributed by atoms with Gasteiger partial charge in [0.05, 0.1) is 15.7 Å². The van der Waals surface area contributed by atoms with Gasteiger partial charge in [-0.2, -0.15) is 0 Å². The van der Waals surface area contributed by atoms with E-state index in [9.17, 15) is 0 Å². The minimum Gasteiger partial charge on any atom is -0.361 e. The molecule has 21 heavy (non-hydrogen) atoms. The highest BCUT2D eigenvalue weighted by molar-refractivity contribution is 6.42. The van der Waals surface area contributed by atoms with E-state index in [4.69, 9.17) is 27.7 Å². The average Bonchev–Trinajstić information content (AvgIpc) is 3.01. The summed E-state index contributed by atoms with van der Waals surface area (Å²) in [5.41, 5.74) is 2.45. The Labute approximate surface area is 133 Å². The van der Waals surface area contributed by atoms with Crippen LogP contribution in [0.4, 0.5) is 0 Å². The van der Waals surface area contributed by atoms with Crippen LogP contribution in [0.1, 0.15) is 29.9 Å². The van der Waals surface area contributed by atoms with Crippen LogP contribution in [0.2, 0.25) is 10.0 Å². The van der Waals surface area contributed by atoms with Crippen molar-refractivity contribution in [2.75, 3.05) is 13.1 Å². The lowest BCUT2D eigenvalue weighted by molar-refractivity contribution is 0.352. The number of hydrogen-bond donors (Lipinski definition) is 1. The molecular weight excluding hydrogens is 307 g/mol. The molecule has 2 heterocycles. The molecule has 2 atom stereocenters. The van der Waals surface area contributed by atoms with Crippen molar-refractivity contribution in [3.63, 3.8) is 0 Å². The Balaban J connectivity index is 1.81. The molecule has 1 aromatic carbocycles. The van der Waals surface area contributed by atoms with E-state index in [0.29, 0.717) is 10.0 Å². The molecule has 4 rings (SSSR count). The molecule has 5 heteroatoms. The number of hydrogen-bond acceptors (Lipinski definition) is 3. The Kier molecular flexibility index (Phi) is 2.91. The van der Waals surface area contributed by atoms with E-state index >= 15 is 0 Å². The van der Waals surface area contributed by atoms with E-state index in [1.165, 1.54) is 5.56 Å². The fraction of sp³-hybridized carbons (Fsp3) is 0.438. The lowest BCUT2D eigenvalue weighted by Crippen LogP contribution is -2.41. The second-order valence-corrected chi connectivity index (χ2v) is 7.03. The van der Waals surface area contributed by atoms with Gasteiger partial charge in [-0.15, -0.1) is 0 Å². The fourth-order valence-corrected chi connectivity index (χ4v) is 4.27. The number of benzene rings is 1. The summed E-state index contributed by atoms with van der Waals surface area (Å²) in [4.78, 5) is 0. The van der Waals surface area contributed by atoms with E-state index in [0.717, 1.165) is 37.4 Å². The first-order valence-corrected chi connectivity index (χ1v) is 7.93. The highest BCUT2D eigenvalue weighted by Crippen LogP contribution is 2.68. The molecule has 1 saturated carbocycles. The monoisotopic (exact) mass is 322 g/mol. The van der Waals surface area contributed by atoms with Crippen LogP contribution in [0.3, 0.4) is 0 Å². The fourth-order valence-electron chi connectivity index (χ4n) is 3.97. The molecule has 1 aliphatic carbocycles. The lowest BCUT2D eigenvalue weighted by atomic mass is 9.79. The first-order valence-electron chi connectivity index (χ1n) is 7.17. The summed E-state index contributed by atoms with van der Waals surface area (Å²) in [6.07, 6.45) is 2.16. The normalized spacial score (nSPS) is 31.0. The van der Waals surface area contributed by atoms with Gasteiger partial charge in [0, 0.05) is 23.4 Å². The summed E-state index contributed by atoms with van der Waals surface area (Å²) in [6.45, 7) is 3.88. The molecule has 0 bridgehead atoms. The molecule has 0 amide bonds. The standard InChI is InChI=1S/C16H16Cl2N2O/c1-10-6-14(20-21-10)16-8-15(16,4-5-19-9-16)11-2-3-12(17)13(18)7-11/h2-3,6-7,19H,4-5,8-9H2,1H3. The first-order chi connectivity index (χ1) is 10.1. The quantitative estimate of drug-likeness (QED) is 0.912. The van der Waals surface area contributed by atoms with Crippen LogP contribution in [0.5, 0.6) is 0 Å². The van der Waals surface area contributed by atoms with Crippen molar-refractivity contribution in [1.82, 2.24) is 10.5 Å². The number of nitrogens with zero attached hydrogens (tertiary/aromatic N) is 1. The number of fused-ring (bicyclic) bond motifs is 1. The molecule has 3 nitrogen and oxygen atoms in total. The maximum atomic E-state index is 6.23. The predicted octanol–water partition coefficient (Wildman–Crippen LogP) is 3.86. The van der Waals surface area contributed by atoms with Gasteiger partial charge in [-0.25, -0.2) is 0 Å². The number of piperidine rings is 1. The van der Waals surface area contributed by atoms with Crippen molar-refractivity contribution < 1.29 is 4.52 Å². The molecular formula is C16H16Cl2N2O. The van der Waals surface area contributed by atoms with Crippen molar-refractivity contribution in [2.24, 2.45) is 0 Å². The molecule has 2 aliphatic rings. The summed E-state index contributed by atoms with van der Waals surface area (Å²) >= 11 is 12.3. The molecule has 1 aliphatic heterocycles. The molecule has 2 unspecified atom stereocenters. The van der Waals surface area contributed by atoms with E-state index in [-0.39, 0.29) is 10.8 Å².